The van der Waals surface area contributed by atoms with Crippen LogP contribution < -0.4 is 0 Å². The van der Waals surface area contributed by atoms with E-state index >= 15 is 0 Å². The maximum absolute atomic E-state index is 13.0. The Bertz CT molecular complexity index is 719. The van der Waals surface area contributed by atoms with Gasteiger partial charge in [-0.05, 0) is 38.3 Å². The Morgan fingerprint density at radius 3 is 2.61 bits per heavy atom. The number of sulfonamides is 1. The smallest absolute Gasteiger partial charge is 0.355 e. The van der Waals surface area contributed by atoms with Gasteiger partial charge in [0.25, 0.3) is 10.0 Å². The number of aryl methyl sites for hydroxylation is 1. The largest absolute Gasteiger partial charge is 0.464 e. The Labute approximate surface area is 137 Å². The maximum Gasteiger partial charge on any atom is 0.355 e. The molecule has 0 N–H and O–H groups in total. The van der Waals surface area contributed by atoms with Crippen molar-refractivity contribution < 1.29 is 17.9 Å². The van der Waals surface area contributed by atoms with Gasteiger partial charge in [-0.15, -0.1) is 6.58 Å². The van der Waals surface area contributed by atoms with Crippen molar-refractivity contribution >= 4 is 16.0 Å². The van der Waals surface area contributed by atoms with Crippen molar-refractivity contribution in [1.82, 2.24) is 4.31 Å². The zero-order valence-electron chi connectivity index (χ0n) is 13.4. The van der Waals surface area contributed by atoms with Crippen LogP contribution in [0.4, 0.5) is 0 Å². The summed E-state index contributed by atoms with van der Waals surface area (Å²) in [6.07, 6.45) is 5.14. The van der Waals surface area contributed by atoms with Gasteiger partial charge in [0.05, 0.1) is 12.0 Å². The Morgan fingerprint density at radius 1 is 1.39 bits per heavy atom. The predicted molar refractivity (Wildman–Crippen MR) is 88.1 cm³/mol. The van der Waals surface area contributed by atoms with Crippen LogP contribution in [0.15, 0.2) is 53.6 Å². The van der Waals surface area contributed by atoms with Crippen molar-refractivity contribution in [3.05, 3.63) is 54.3 Å². The van der Waals surface area contributed by atoms with Crippen molar-refractivity contribution in [1.29, 1.82) is 0 Å². The standard InChI is InChI=1S/C17H21NO4S/c1-4-5-6-14-9-12-16(17(19)22-3)18(14)23(20,21)15-10-7-13(2)8-11-15/h4,7-8,10-12,14H,1,5-6,9H2,2-3H3/t14-/m1/s1. The molecule has 1 heterocycles. The average molecular weight is 335 g/mol. The first-order chi connectivity index (χ1) is 10.9. The monoisotopic (exact) mass is 335 g/mol. The van der Waals surface area contributed by atoms with E-state index in [1.54, 1.807) is 36.4 Å². The van der Waals surface area contributed by atoms with Gasteiger partial charge in [-0.2, -0.15) is 0 Å². The van der Waals surface area contributed by atoms with Crippen molar-refractivity contribution in [2.24, 2.45) is 0 Å². The van der Waals surface area contributed by atoms with E-state index in [1.807, 2.05) is 6.92 Å². The van der Waals surface area contributed by atoms with Gasteiger partial charge >= 0.3 is 5.97 Å². The van der Waals surface area contributed by atoms with E-state index in [1.165, 1.54) is 11.4 Å². The van der Waals surface area contributed by atoms with E-state index in [4.69, 9.17) is 4.74 Å². The van der Waals surface area contributed by atoms with Crippen LogP contribution in [0.2, 0.25) is 0 Å². The van der Waals surface area contributed by atoms with E-state index in [9.17, 15) is 13.2 Å². The summed E-state index contributed by atoms with van der Waals surface area (Å²) >= 11 is 0. The molecular weight excluding hydrogens is 314 g/mol. The molecule has 1 atom stereocenters. The molecule has 23 heavy (non-hydrogen) atoms. The molecule has 1 aliphatic heterocycles. The fourth-order valence-corrected chi connectivity index (χ4v) is 4.30. The molecule has 6 heteroatoms. The second kappa shape index (κ2) is 7.00. The number of esters is 1. The lowest BCUT2D eigenvalue weighted by molar-refractivity contribution is -0.137. The quantitative estimate of drug-likeness (QED) is 0.592. The second-order valence-corrected chi connectivity index (χ2v) is 7.27. The number of methoxy groups -OCH3 is 1. The number of carbonyl (C=O) groups is 1. The lowest BCUT2D eigenvalue weighted by Crippen LogP contribution is -2.38. The number of rotatable bonds is 6. The Kier molecular flexibility index (Phi) is 5.26. The van der Waals surface area contributed by atoms with Crippen LogP contribution in [-0.2, 0) is 19.6 Å². The molecular formula is C17H21NO4S. The summed E-state index contributed by atoms with van der Waals surface area (Å²) in [5.41, 5.74) is 1.06. The second-order valence-electron chi connectivity index (χ2n) is 5.45. The number of hydrogen-bond donors (Lipinski definition) is 0. The third kappa shape index (κ3) is 3.47. The number of allylic oxidation sites excluding steroid dienone is 1. The highest BCUT2D eigenvalue weighted by atomic mass is 32.2. The van der Waals surface area contributed by atoms with Crippen LogP contribution in [0.25, 0.3) is 0 Å². The molecule has 0 saturated heterocycles. The van der Waals surface area contributed by atoms with E-state index in [-0.39, 0.29) is 16.6 Å². The summed E-state index contributed by atoms with van der Waals surface area (Å²) in [6, 6.07) is 6.30. The normalized spacial score (nSPS) is 17.7. The summed E-state index contributed by atoms with van der Waals surface area (Å²) in [6.45, 7) is 5.56. The average Bonchev–Trinajstić information content (AvgIpc) is 2.97. The molecule has 0 bridgehead atoms. The number of carbonyl (C=O) groups excluding carboxylic acids is 1. The Morgan fingerprint density at radius 2 is 2.04 bits per heavy atom. The van der Waals surface area contributed by atoms with E-state index in [2.05, 4.69) is 6.58 Å². The van der Waals surface area contributed by atoms with Gasteiger partial charge in [-0.3, -0.25) is 4.31 Å². The van der Waals surface area contributed by atoms with Crippen molar-refractivity contribution in [2.75, 3.05) is 7.11 Å². The summed E-state index contributed by atoms with van der Waals surface area (Å²) in [5.74, 6) is -0.637. The van der Waals surface area contributed by atoms with Crippen LogP contribution in [0.1, 0.15) is 24.8 Å². The SMILES string of the molecule is C=CCC[C@@H]1CC=C(C(=O)OC)N1S(=O)(=O)c1ccc(C)cc1. The minimum Gasteiger partial charge on any atom is -0.464 e. The third-order valence-electron chi connectivity index (χ3n) is 3.83. The van der Waals surface area contributed by atoms with Crippen molar-refractivity contribution in [3.8, 4) is 0 Å². The number of hydrogen-bond acceptors (Lipinski definition) is 4. The first-order valence-corrected chi connectivity index (χ1v) is 8.86. The minimum absolute atomic E-state index is 0.0853. The van der Waals surface area contributed by atoms with Gasteiger partial charge in [-0.25, -0.2) is 13.2 Å². The molecule has 0 saturated carbocycles. The summed E-state index contributed by atoms with van der Waals surface area (Å²) < 4.78 is 31.9. The molecule has 0 radical (unpaired) electrons. The van der Waals surface area contributed by atoms with Gasteiger partial charge in [0.1, 0.15) is 5.70 Å². The molecule has 1 aromatic carbocycles. The first-order valence-electron chi connectivity index (χ1n) is 7.42. The zero-order chi connectivity index (χ0) is 17.0. The molecule has 0 amide bonds. The molecule has 0 unspecified atom stereocenters. The molecule has 5 nitrogen and oxygen atoms in total. The fraction of sp³-hybridized carbons (Fsp3) is 0.353. The highest BCUT2D eigenvalue weighted by Gasteiger charge is 2.39. The first kappa shape index (κ1) is 17.3. The molecule has 0 spiro atoms. The molecule has 0 aromatic heterocycles. The molecule has 2 rings (SSSR count). The Balaban J connectivity index is 2.43. The lowest BCUT2D eigenvalue weighted by Gasteiger charge is -2.28. The van der Waals surface area contributed by atoms with Crippen LogP contribution in [0, 0.1) is 6.92 Å². The van der Waals surface area contributed by atoms with Crippen molar-refractivity contribution in [2.45, 2.75) is 37.1 Å². The van der Waals surface area contributed by atoms with Gasteiger partial charge in [0.15, 0.2) is 0 Å². The maximum atomic E-state index is 13.0. The number of ether oxygens (including phenoxy) is 1. The molecule has 1 aliphatic rings. The summed E-state index contributed by atoms with van der Waals surface area (Å²) in [4.78, 5) is 12.1. The van der Waals surface area contributed by atoms with Crippen LogP contribution in [0.5, 0.6) is 0 Å². The highest BCUT2D eigenvalue weighted by Crippen LogP contribution is 2.32. The van der Waals surface area contributed by atoms with Gasteiger partial charge in [-0.1, -0.05) is 29.8 Å². The number of benzene rings is 1. The van der Waals surface area contributed by atoms with Gasteiger partial charge < -0.3 is 4.74 Å². The third-order valence-corrected chi connectivity index (χ3v) is 5.71. The number of nitrogens with zero attached hydrogens (tertiary/aromatic N) is 1. The van der Waals surface area contributed by atoms with E-state index in [0.717, 1.165) is 5.56 Å². The summed E-state index contributed by atoms with van der Waals surface area (Å²) in [5, 5.41) is 0. The van der Waals surface area contributed by atoms with Crippen LogP contribution in [0.3, 0.4) is 0 Å². The zero-order valence-corrected chi connectivity index (χ0v) is 14.2. The van der Waals surface area contributed by atoms with Gasteiger partial charge in [0.2, 0.25) is 0 Å². The fourth-order valence-electron chi connectivity index (χ4n) is 2.60. The van der Waals surface area contributed by atoms with E-state index < -0.39 is 16.0 Å². The van der Waals surface area contributed by atoms with Crippen LogP contribution in [-0.4, -0.2) is 31.8 Å². The van der Waals surface area contributed by atoms with E-state index in [0.29, 0.717) is 19.3 Å². The molecule has 0 fully saturated rings. The molecule has 124 valence electrons. The predicted octanol–water partition coefficient (Wildman–Crippen LogP) is 2.78. The highest BCUT2D eigenvalue weighted by molar-refractivity contribution is 7.89. The minimum atomic E-state index is -3.81. The van der Waals surface area contributed by atoms with Crippen LogP contribution >= 0.6 is 0 Å². The molecule has 1 aromatic rings. The molecule has 0 aliphatic carbocycles. The topological polar surface area (TPSA) is 63.7 Å². The lowest BCUT2D eigenvalue weighted by atomic mass is 10.1. The van der Waals surface area contributed by atoms with Gasteiger partial charge in [0, 0.05) is 6.04 Å². The summed E-state index contributed by atoms with van der Waals surface area (Å²) in [7, 11) is -2.56. The Hall–Kier alpha value is -2.08. The van der Waals surface area contributed by atoms with Crippen molar-refractivity contribution in [3.63, 3.8) is 0 Å².